The van der Waals surface area contributed by atoms with Gasteiger partial charge < -0.3 is 15.4 Å². The molecular weight excluding hydrogens is 276 g/mol. The van der Waals surface area contributed by atoms with Gasteiger partial charge in [-0.25, -0.2) is 0 Å². The quantitative estimate of drug-likeness (QED) is 0.824. The lowest BCUT2D eigenvalue weighted by Gasteiger charge is -2.15. The molecule has 1 unspecified atom stereocenters. The van der Waals surface area contributed by atoms with E-state index in [0.29, 0.717) is 18.0 Å². The Morgan fingerprint density at radius 2 is 1.77 bits per heavy atom. The lowest BCUT2D eigenvalue weighted by molar-refractivity contribution is -0.115. The van der Waals surface area contributed by atoms with Crippen LogP contribution in [-0.4, -0.2) is 19.1 Å². The van der Waals surface area contributed by atoms with Gasteiger partial charge in [-0.3, -0.25) is 4.79 Å². The predicted octanol–water partition coefficient (Wildman–Crippen LogP) is 3.37. The van der Waals surface area contributed by atoms with E-state index >= 15 is 0 Å². The van der Waals surface area contributed by atoms with Gasteiger partial charge in [0.1, 0.15) is 5.75 Å². The zero-order valence-electron chi connectivity index (χ0n) is 13.0. The van der Waals surface area contributed by atoms with E-state index in [-0.39, 0.29) is 18.5 Å². The number of carbonyl (C=O) groups is 1. The van der Waals surface area contributed by atoms with Crippen LogP contribution in [0.2, 0.25) is 0 Å². The fourth-order valence-electron chi connectivity index (χ4n) is 2.15. The minimum Gasteiger partial charge on any atom is -0.492 e. The third-order valence-corrected chi connectivity index (χ3v) is 3.33. The molecule has 0 saturated carbocycles. The summed E-state index contributed by atoms with van der Waals surface area (Å²) >= 11 is 0. The van der Waals surface area contributed by atoms with Crippen molar-refractivity contribution in [2.45, 2.75) is 19.9 Å². The fourth-order valence-corrected chi connectivity index (χ4v) is 2.15. The lowest BCUT2D eigenvalue weighted by Crippen LogP contribution is -2.30. The summed E-state index contributed by atoms with van der Waals surface area (Å²) in [5.74, 6) is 0.601. The van der Waals surface area contributed by atoms with Crippen LogP contribution in [0.15, 0.2) is 54.6 Å². The molecule has 2 aromatic carbocycles. The van der Waals surface area contributed by atoms with Gasteiger partial charge in [0.2, 0.25) is 5.91 Å². The zero-order chi connectivity index (χ0) is 15.8. The van der Waals surface area contributed by atoms with Crippen molar-refractivity contribution in [2.24, 2.45) is 0 Å². The maximum Gasteiger partial charge on any atom is 0.238 e. The average molecular weight is 298 g/mol. The smallest absolute Gasteiger partial charge is 0.238 e. The van der Waals surface area contributed by atoms with Crippen molar-refractivity contribution in [1.29, 1.82) is 0 Å². The van der Waals surface area contributed by atoms with Crippen molar-refractivity contribution in [3.8, 4) is 5.75 Å². The van der Waals surface area contributed by atoms with Gasteiger partial charge in [0.25, 0.3) is 0 Å². The molecule has 116 valence electrons. The van der Waals surface area contributed by atoms with Crippen LogP contribution in [0.3, 0.4) is 0 Å². The molecule has 0 saturated heterocycles. The van der Waals surface area contributed by atoms with Gasteiger partial charge in [0.05, 0.1) is 18.8 Å². The molecule has 0 radical (unpaired) electrons. The molecule has 1 atom stereocenters. The van der Waals surface area contributed by atoms with Gasteiger partial charge in [-0.15, -0.1) is 0 Å². The second-order valence-electron chi connectivity index (χ2n) is 4.99. The molecule has 2 rings (SSSR count). The number of nitrogens with one attached hydrogen (secondary N) is 2. The molecule has 0 fully saturated rings. The van der Waals surface area contributed by atoms with Crippen LogP contribution in [0.1, 0.15) is 25.5 Å². The number of ether oxygens (including phenoxy) is 1. The normalized spacial score (nSPS) is 11.7. The topological polar surface area (TPSA) is 50.4 Å². The standard InChI is InChI=1S/C18H22N2O2/c1-3-22-17-12-8-7-11-16(17)20-18(21)13-19-14(2)15-9-5-4-6-10-15/h4-12,14,19H,3,13H2,1-2H3,(H,20,21). The summed E-state index contributed by atoms with van der Waals surface area (Å²) in [4.78, 5) is 12.1. The first-order chi connectivity index (χ1) is 10.7. The number of carbonyl (C=O) groups excluding carboxylic acids is 1. The number of rotatable bonds is 7. The van der Waals surface area contributed by atoms with Crippen molar-refractivity contribution in [2.75, 3.05) is 18.5 Å². The Morgan fingerprint density at radius 3 is 2.50 bits per heavy atom. The van der Waals surface area contributed by atoms with Gasteiger partial charge in [0.15, 0.2) is 0 Å². The Labute approximate surface area is 131 Å². The highest BCUT2D eigenvalue weighted by Gasteiger charge is 2.09. The number of hydrogen-bond acceptors (Lipinski definition) is 3. The lowest BCUT2D eigenvalue weighted by atomic mass is 10.1. The van der Waals surface area contributed by atoms with Gasteiger partial charge in [0, 0.05) is 6.04 Å². The Balaban J connectivity index is 1.88. The summed E-state index contributed by atoms with van der Waals surface area (Å²) in [6.45, 7) is 4.77. The van der Waals surface area contributed by atoms with Crippen LogP contribution in [0.4, 0.5) is 5.69 Å². The summed E-state index contributed by atoms with van der Waals surface area (Å²) in [6.07, 6.45) is 0. The van der Waals surface area contributed by atoms with E-state index < -0.39 is 0 Å². The summed E-state index contributed by atoms with van der Waals surface area (Å²) < 4.78 is 5.50. The number of hydrogen-bond donors (Lipinski definition) is 2. The van der Waals surface area contributed by atoms with E-state index in [1.165, 1.54) is 0 Å². The van der Waals surface area contributed by atoms with Gasteiger partial charge in [-0.2, -0.15) is 0 Å². The zero-order valence-corrected chi connectivity index (χ0v) is 13.0. The SMILES string of the molecule is CCOc1ccccc1NC(=O)CNC(C)c1ccccc1. The highest BCUT2D eigenvalue weighted by Crippen LogP contribution is 2.23. The molecule has 4 nitrogen and oxygen atoms in total. The minimum atomic E-state index is -0.0880. The molecule has 2 N–H and O–H groups in total. The van der Waals surface area contributed by atoms with E-state index in [2.05, 4.69) is 10.6 Å². The summed E-state index contributed by atoms with van der Waals surface area (Å²) in [6, 6.07) is 17.6. The maximum atomic E-state index is 12.1. The molecule has 0 aliphatic carbocycles. The molecule has 4 heteroatoms. The third kappa shape index (κ3) is 4.60. The van der Waals surface area contributed by atoms with Crippen LogP contribution in [0, 0.1) is 0 Å². The van der Waals surface area contributed by atoms with Crippen molar-refractivity contribution in [1.82, 2.24) is 5.32 Å². The number of benzene rings is 2. The molecule has 2 aromatic rings. The maximum absolute atomic E-state index is 12.1. The first-order valence-corrected chi connectivity index (χ1v) is 7.50. The number of anilines is 1. The molecule has 0 heterocycles. The van der Waals surface area contributed by atoms with Gasteiger partial charge in [-0.05, 0) is 31.5 Å². The van der Waals surface area contributed by atoms with E-state index in [4.69, 9.17) is 4.74 Å². The van der Waals surface area contributed by atoms with E-state index in [0.717, 1.165) is 5.56 Å². The summed E-state index contributed by atoms with van der Waals surface area (Å²) in [5.41, 5.74) is 1.86. The Morgan fingerprint density at radius 1 is 1.09 bits per heavy atom. The first-order valence-electron chi connectivity index (χ1n) is 7.50. The summed E-state index contributed by atoms with van der Waals surface area (Å²) in [7, 11) is 0. The third-order valence-electron chi connectivity index (χ3n) is 3.33. The molecule has 0 aliphatic rings. The second kappa shape index (κ2) is 8.20. The molecule has 0 aromatic heterocycles. The molecule has 0 bridgehead atoms. The molecule has 0 aliphatic heterocycles. The van der Waals surface area contributed by atoms with Gasteiger partial charge in [-0.1, -0.05) is 42.5 Å². The highest BCUT2D eigenvalue weighted by molar-refractivity contribution is 5.93. The molecular formula is C18H22N2O2. The second-order valence-corrected chi connectivity index (χ2v) is 4.99. The van der Waals surface area contributed by atoms with E-state index in [9.17, 15) is 4.79 Å². The molecule has 22 heavy (non-hydrogen) atoms. The Kier molecular flexibility index (Phi) is 5.98. The van der Waals surface area contributed by atoms with E-state index in [1.807, 2.05) is 68.4 Å². The van der Waals surface area contributed by atoms with Crippen LogP contribution >= 0.6 is 0 Å². The number of para-hydroxylation sites is 2. The highest BCUT2D eigenvalue weighted by atomic mass is 16.5. The predicted molar refractivity (Wildman–Crippen MR) is 89.1 cm³/mol. The Hall–Kier alpha value is -2.33. The monoisotopic (exact) mass is 298 g/mol. The van der Waals surface area contributed by atoms with Crippen molar-refractivity contribution in [3.05, 3.63) is 60.2 Å². The molecule has 1 amide bonds. The fraction of sp³-hybridized carbons (Fsp3) is 0.278. The van der Waals surface area contributed by atoms with Crippen LogP contribution in [0.5, 0.6) is 5.75 Å². The summed E-state index contributed by atoms with van der Waals surface area (Å²) in [5, 5.41) is 6.09. The van der Waals surface area contributed by atoms with Crippen molar-refractivity contribution in [3.63, 3.8) is 0 Å². The van der Waals surface area contributed by atoms with Crippen LogP contribution < -0.4 is 15.4 Å². The number of amides is 1. The average Bonchev–Trinajstić information content (AvgIpc) is 2.55. The molecule has 0 spiro atoms. The van der Waals surface area contributed by atoms with Crippen LogP contribution in [0.25, 0.3) is 0 Å². The van der Waals surface area contributed by atoms with Crippen molar-refractivity contribution < 1.29 is 9.53 Å². The van der Waals surface area contributed by atoms with Crippen molar-refractivity contribution >= 4 is 11.6 Å². The van der Waals surface area contributed by atoms with Crippen LogP contribution in [-0.2, 0) is 4.79 Å². The first kappa shape index (κ1) is 16.0. The van der Waals surface area contributed by atoms with Gasteiger partial charge >= 0.3 is 0 Å². The minimum absolute atomic E-state index is 0.0880. The Bertz CT molecular complexity index is 599. The van der Waals surface area contributed by atoms with E-state index in [1.54, 1.807) is 0 Å². The largest absolute Gasteiger partial charge is 0.492 e.